The molecule has 0 rings (SSSR count). The van der Waals surface area contributed by atoms with E-state index < -0.39 is 0 Å². The Kier molecular flexibility index (Phi) is 2.99. The molecular formula is C7H12FN. The predicted molar refractivity (Wildman–Crippen MR) is 37.4 cm³/mol. The zero-order valence-electron chi connectivity index (χ0n) is 6.11. The van der Waals surface area contributed by atoms with E-state index in [9.17, 15) is 4.39 Å². The van der Waals surface area contributed by atoms with Gasteiger partial charge in [0.1, 0.15) is 0 Å². The van der Waals surface area contributed by atoms with Crippen LogP contribution in [0.15, 0.2) is 24.3 Å². The molecule has 0 saturated heterocycles. The van der Waals surface area contributed by atoms with E-state index in [0.717, 1.165) is 0 Å². The highest BCUT2D eigenvalue weighted by Crippen LogP contribution is 2.07. The van der Waals surface area contributed by atoms with Crippen molar-refractivity contribution in [3.63, 3.8) is 0 Å². The highest BCUT2D eigenvalue weighted by molar-refractivity contribution is 4.99. The topological polar surface area (TPSA) is 3.24 Å². The van der Waals surface area contributed by atoms with Crippen LogP contribution in [0.4, 0.5) is 4.39 Å². The maximum Gasteiger partial charge on any atom is 0.189 e. The summed E-state index contributed by atoms with van der Waals surface area (Å²) in [4.78, 5) is 1.39. The minimum absolute atomic E-state index is 0.262. The van der Waals surface area contributed by atoms with Crippen molar-refractivity contribution >= 4 is 0 Å². The summed E-state index contributed by atoms with van der Waals surface area (Å²) in [6.07, 6.45) is 1.40. The highest BCUT2D eigenvalue weighted by Gasteiger charge is 1.99. The highest BCUT2D eigenvalue weighted by atomic mass is 19.1. The molecule has 0 aromatic heterocycles. The molecule has 0 saturated carbocycles. The van der Waals surface area contributed by atoms with Gasteiger partial charge in [0.05, 0.1) is 0 Å². The van der Waals surface area contributed by atoms with Crippen LogP contribution in [0.2, 0.25) is 0 Å². The Labute approximate surface area is 55.5 Å². The van der Waals surface area contributed by atoms with E-state index in [-0.39, 0.29) is 5.95 Å². The van der Waals surface area contributed by atoms with Crippen molar-refractivity contribution in [2.75, 3.05) is 7.05 Å². The molecule has 0 aromatic carbocycles. The lowest BCUT2D eigenvalue weighted by atomic mass is 10.5. The lowest BCUT2D eigenvalue weighted by Gasteiger charge is -2.14. The molecular weight excluding hydrogens is 117 g/mol. The van der Waals surface area contributed by atoms with E-state index >= 15 is 0 Å². The standard InChI is InChI=1S/C7H12FN/c1-5-7(8)9(4)6(2)3/h5H,2H2,1,3-4H3/b7-5-. The van der Waals surface area contributed by atoms with Crippen molar-refractivity contribution in [1.82, 2.24) is 4.90 Å². The van der Waals surface area contributed by atoms with Crippen molar-refractivity contribution < 1.29 is 4.39 Å². The van der Waals surface area contributed by atoms with Crippen LogP contribution >= 0.6 is 0 Å². The van der Waals surface area contributed by atoms with Crippen LogP contribution in [0, 0.1) is 0 Å². The van der Waals surface area contributed by atoms with Crippen molar-refractivity contribution in [1.29, 1.82) is 0 Å². The molecule has 1 nitrogen and oxygen atoms in total. The smallest absolute Gasteiger partial charge is 0.189 e. The minimum Gasteiger partial charge on any atom is -0.326 e. The predicted octanol–water partition coefficient (Wildman–Crippen LogP) is 2.28. The van der Waals surface area contributed by atoms with Gasteiger partial charge in [0.25, 0.3) is 0 Å². The molecule has 2 heteroatoms. The lowest BCUT2D eigenvalue weighted by molar-refractivity contribution is 0.382. The second kappa shape index (κ2) is 3.28. The van der Waals surface area contributed by atoms with Crippen molar-refractivity contribution in [3.8, 4) is 0 Å². The summed E-state index contributed by atoms with van der Waals surface area (Å²) in [6, 6.07) is 0. The number of rotatable bonds is 2. The molecule has 0 atom stereocenters. The van der Waals surface area contributed by atoms with Crippen LogP contribution in [-0.2, 0) is 0 Å². The van der Waals surface area contributed by atoms with Gasteiger partial charge < -0.3 is 4.90 Å². The maximum atomic E-state index is 12.5. The molecule has 0 aliphatic carbocycles. The molecule has 0 aliphatic heterocycles. The Balaban J connectivity index is 4.04. The van der Waals surface area contributed by atoms with E-state index in [0.29, 0.717) is 5.70 Å². The van der Waals surface area contributed by atoms with Crippen LogP contribution in [0.3, 0.4) is 0 Å². The molecule has 0 N–H and O–H groups in total. The van der Waals surface area contributed by atoms with Crippen LogP contribution in [0.5, 0.6) is 0 Å². The number of allylic oxidation sites excluding steroid dienone is 2. The first-order valence-corrected chi connectivity index (χ1v) is 2.80. The second-order valence-corrected chi connectivity index (χ2v) is 1.91. The second-order valence-electron chi connectivity index (χ2n) is 1.91. The van der Waals surface area contributed by atoms with Crippen molar-refractivity contribution in [2.24, 2.45) is 0 Å². The van der Waals surface area contributed by atoms with Gasteiger partial charge in [-0.15, -0.1) is 0 Å². The Morgan fingerprint density at radius 1 is 1.67 bits per heavy atom. The van der Waals surface area contributed by atoms with Crippen LogP contribution in [0.25, 0.3) is 0 Å². The first-order valence-electron chi connectivity index (χ1n) is 2.80. The van der Waals surface area contributed by atoms with E-state index in [1.54, 1.807) is 20.9 Å². The average molecular weight is 129 g/mol. The van der Waals surface area contributed by atoms with Crippen LogP contribution < -0.4 is 0 Å². The number of hydrogen-bond acceptors (Lipinski definition) is 1. The van der Waals surface area contributed by atoms with E-state index in [2.05, 4.69) is 6.58 Å². The fourth-order valence-corrected chi connectivity index (χ4v) is 0.376. The molecule has 0 fully saturated rings. The number of hydrogen-bond donors (Lipinski definition) is 0. The Morgan fingerprint density at radius 2 is 2.11 bits per heavy atom. The first kappa shape index (κ1) is 8.21. The van der Waals surface area contributed by atoms with E-state index in [4.69, 9.17) is 0 Å². The van der Waals surface area contributed by atoms with Gasteiger partial charge in [0.15, 0.2) is 5.95 Å². The summed E-state index contributed by atoms with van der Waals surface area (Å²) in [5.41, 5.74) is 0.700. The zero-order valence-corrected chi connectivity index (χ0v) is 6.11. The van der Waals surface area contributed by atoms with Gasteiger partial charge in [-0.2, -0.15) is 4.39 Å². The fourth-order valence-electron chi connectivity index (χ4n) is 0.376. The molecule has 0 aliphatic rings. The maximum absolute atomic E-state index is 12.5. The summed E-state index contributed by atoms with van der Waals surface area (Å²) in [6.45, 7) is 6.97. The van der Waals surface area contributed by atoms with Gasteiger partial charge in [-0.1, -0.05) is 6.58 Å². The van der Waals surface area contributed by atoms with Gasteiger partial charge in [-0.05, 0) is 19.9 Å². The Bertz CT molecular complexity index is 138. The Hall–Kier alpha value is -0.790. The normalized spacial score (nSPS) is 11.3. The fraction of sp³-hybridized carbons (Fsp3) is 0.429. The van der Waals surface area contributed by atoms with Gasteiger partial charge >= 0.3 is 0 Å². The van der Waals surface area contributed by atoms with Crippen molar-refractivity contribution in [3.05, 3.63) is 24.3 Å². The quantitative estimate of drug-likeness (QED) is 0.517. The minimum atomic E-state index is -0.262. The molecule has 52 valence electrons. The van der Waals surface area contributed by atoms with Gasteiger partial charge in [-0.25, -0.2) is 0 Å². The number of halogens is 1. The summed E-state index contributed by atoms with van der Waals surface area (Å²) in [7, 11) is 1.64. The van der Waals surface area contributed by atoms with Crippen molar-refractivity contribution in [2.45, 2.75) is 13.8 Å². The summed E-state index contributed by atoms with van der Waals surface area (Å²) in [5.74, 6) is -0.262. The molecule has 9 heavy (non-hydrogen) atoms. The monoisotopic (exact) mass is 129 g/mol. The van der Waals surface area contributed by atoms with Crippen LogP contribution in [-0.4, -0.2) is 11.9 Å². The number of nitrogens with zero attached hydrogens (tertiary/aromatic N) is 1. The molecule has 0 radical (unpaired) electrons. The lowest BCUT2D eigenvalue weighted by Crippen LogP contribution is -2.10. The summed E-state index contributed by atoms with van der Waals surface area (Å²) >= 11 is 0. The third kappa shape index (κ3) is 2.31. The third-order valence-electron chi connectivity index (χ3n) is 1.13. The molecule has 0 amide bonds. The van der Waals surface area contributed by atoms with E-state index in [1.807, 2.05) is 0 Å². The van der Waals surface area contributed by atoms with Gasteiger partial charge in [-0.3, -0.25) is 0 Å². The summed E-state index contributed by atoms with van der Waals surface area (Å²) in [5, 5.41) is 0. The largest absolute Gasteiger partial charge is 0.326 e. The molecule has 0 aromatic rings. The molecule has 0 heterocycles. The SMILES string of the molecule is C=C(C)N(C)/C(F)=C\C. The van der Waals surface area contributed by atoms with E-state index in [1.165, 1.54) is 11.0 Å². The third-order valence-corrected chi connectivity index (χ3v) is 1.13. The van der Waals surface area contributed by atoms with Crippen LogP contribution in [0.1, 0.15) is 13.8 Å². The molecule has 0 unspecified atom stereocenters. The summed E-state index contributed by atoms with van der Waals surface area (Å²) < 4.78 is 12.5. The molecule has 0 bridgehead atoms. The molecule has 0 spiro atoms. The zero-order chi connectivity index (χ0) is 7.44. The van der Waals surface area contributed by atoms with Gasteiger partial charge in [0, 0.05) is 12.7 Å². The van der Waals surface area contributed by atoms with Gasteiger partial charge in [0.2, 0.25) is 0 Å². The average Bonchev–Trinajstić information content (AvgIpc) is 1.84. The first-order chi connectivity index (χ1) is 4.09. The Morgan fingerprint density at radius 3 is 2.22 bits per heavy atom.